The summed E-state index contributed by atoms with van der Waals surface area (Å²) >= 11 is 0. The molecular weight excluding hydrogens is 284 g/mol. The van der Waals surface area contributed by atoms with Crippen molar-refractivity contribution in [3.8, 4) is 0 Å². The molecule has 0 fully saturated rings. The van der Waals surface area contributed by atoms with Crippen molar-refractivity contribution in [1.82, 2.24) is 14.9 Å². The number of nitrogens with zero attached hydrogens (tertiary/aromatic N) is 3. The Bertz CT molecular complexity index is 575. The number of nitrogens with one attached hydrogen (secondary N) is 1. The van der Waals surface area contributed by atoms with Crippen LogP contribution in [0.25, 0.3) is 0 Å². The predicted molar refractivity (Wildman–Crippen MR) is 96.4 cm³/mol. The van der Waals surface area contributed by atoms with Crippen LogP contribution in [0.15, 0.2) is 36.7 Å². The van der Waals surface area contributed by atoms with E-state index in [1.807, 2.05) is 12.4 Å². The zero-order valence-electron chi connectivity index (χ0n) is 14.7. The number of rotatable bonds is 8. The fraction of sp³-hybridized carbons (Fsp3) is 0.474. The number of aromatic nitrogens is 2. The van der Waals surface area contributed by atoms with E-state index < -0.39 is 0 Å². The van der Waals surface area contributed by atoms with Gasteiger partial charge in [-0.25, -0.2) is 9.97 Å². The van der Waals surface area contributed by atoms with Crippen LogP contribution >= 0.6 is 0 Å². The highest BCUT2D eigenvalue weighted by atomic mass is 15.1. The van der Waals surface area contributed by atoms with Crippen molar-refractivity contribution in [3.05, 3.63) is 53.3 Å². The second kappa shape index (κ2) is 8.63. The van der Waals surface area contributed by atoms with Gasteiger partial charge in [-0.3, -0.25) is 4.90 Å². The van der Waals surface area contributed by atoms with Crippen molar-refractivity contribution in [1.29, 1.82) is 0 Å². The normalized spacial score (nSPS) is 11.2. The first kappa shape index (κ1) is 17.4. The molecule has 1 N–H and O–H groups in total. The lowest BCUT2D eigenvalue weighted by Gasteiger charge is -2.20. The van der Waals surface area contributed by atoms with Gasteiger partial charge in [0, 0.05) is 37.1 Å². The first-order valence-electron chi connectivity index (χ1n) is 8.48. The SMILES string of the molecule is CCc1ccc(CN(CC)Cc2cnc(NC(C)C)nc2)cc1. The number of anilines is 1. The molecule has 0 aliphatic rings. The third-order valence-corrected chi connectivity index (χ3v) is 3.81. The Morgan fingerprint density at radius 2 is 1.48 bits per heavy atom. The van der Waals surface area contributed by atoms with Crippen molar-refractivity contribution < 1.29 is 0 Å². The number of benzene rings is 1. The zero-order chi connectivity index (χ0) is 16.7. The molecule has 0 bridgehead atoms. The minimum atomic E-state index is 0.346. The van der Waals surface area contributed by atoms with Crippen molar-refractivity contribution >= 4 is 5.95 Å². The molecule has 4 nitrogen and oxygen atoms in total. The molecule has 0 spiro atoms. The molecule has 0 amide bonds. The quantitative estimate of drug-likeness (QED) is 0.803. The molecule has 2 rings (SSSR count). The van der Waals surface area contributed by atoms with Crippen LogP contribution in [0, 0.1) is 0 Å². The molecule has 0 aliphatic carbocycles. The van der Waals surface area contributed by atoms with Crippen LogP contribution in [-0.2, 0) is 19.5 Å². The minimum absolute atomic E-state index is 0.346. The molecule has 1 heterocycles. The summed E-state index contributed by atoms with van der Waals surface area (Å²) < 4.78 is 0. The van der Waals surface area contributed by atoms with Crippen LogP contribution in [0.1, 0.15) is 44.4 Å². The molecule has 0 aliphatic heterocycles. The topological polar surface area (TPSA) is 41.1 Å². The van der Waals surface area contributed by atoms with Crippen LogP contribution in [-0.4, -0.2) is 27.5 Å². The second-order valence-electron chi connectivity index (χ2n) is 6.19. The maximum absolute atomic E-state index is 4.39. The Morgan fingerprint density at radius 3 is 2.00 bits per heavy atom. The monoisotopic (exact) mass is 312 g/mol. The van der Waals surface area contributed by atoms with Gasteiger partial charge in [-0.1, -0.05) is 38.1 Å². The number of hydrogen-bond acceptors (Lipinski definition) is 4. The van der Waals surface area contributed by atoms with Crippen LogP contribution in [0.4, 0.5) is 5.95 Å². The summed E-state index contributed by atoms with van der Waals surface area (Å²) in [5.41, 5.74) is 3.88. The molecule has 0 saturated heterocycles. The first-order valence-corrected chi connectivity index (χ1v) is 8.48. The summed E-state index contributed by atoms with van der Waals surface area (Å²) in [6.07, 6.45) is 4.92. The Balaban J connectivity index is 1.95. The average Bonchev–Trinajstić information content (AvgIpc) is 2.56. The van der Waals surface area contributed by atoms with Gasteiger partial charge < -0.3 is 5.32 Å². The highest BCUT2D eigenvalue weighted by molar-refractivity contribution is 5.26. The Kier molecular flexibility index (Phi) is 6.53. The van der Waals surface area contributed by atoms with Crippen molar-refractivity contribution in [2.24, 2.45) is 0 Å². The lowest BCUT2D eigenvalue weighted by atomic mass is 10.1. The van der Waals surface area contributed by atoms with E-state index in [0.29, 0.717) is 12.0 Å². The van der Waals surface area contributed by atoms with E-state index in [-0.39, 0.29) is 0 Å². The van der Waals surface area contributed by atoms with Crippen LogP contribution in [0.2, 0.25) is 0 Å². The first-order chi connectivity index (χ1) is 11.1. The highest BCUT2D eigenvalue weighted by Crippen LogP contribution is 2.11. The molecule has 1 aromatic carbocycles. The van der Waals surface area contributed by atoms with Gasteiger partial charge in [0.25, 0.3) is 0 Å². The standard InChI is InChI=1S/C19H28N4/c1-5-16-7-9-17(10-8-16)13-23(6-2)14-18-11-20-19(21-12-18)22-15(3)4/h7-12,15H,5-6,13-14H2,1-4H3,(H,20,21,22). The van der Waals surface area contributed by atoms with Gasteiger partial charge in [0.05, 0.1) is 0 Å². The van der Waals surface area contributed by atoms with E-state index in [2.05, 4.69) is 72.1 Å². The lowest BCUT2D eigenvalue weighted by molar-refractivity contribution is 0.271. The smallest absolute Gasteiger partial charge is 0.222 e. The summed E-state index contributed by atoms with van der Waals surface area (Å²) in [5, 5.41) is 3.21. The summed E-state index contributed by atoms with van der Waals surface area (Å²) in [7, 11) is 0. The Hall–Kier alpha value is -1.94. The molecule has 0 saturated carbocycles. The molecule has 2 aromatic rings. The molecule has 23 heavy (non-hydrogen) atoms. The van der Waals surface area contributed by atoms with Crippen LogP contribution in [0.5, 0.6) is 0 Å². The summed E-state index contributed by atoms with van der Waals surface area (Å²) in [6.45, 7) is 11.4. The van der Waals surface area contributed by atoms with Gasteiger partial charge in [0.15, 0.2) is 0 Å². The molecule has 4 heteroatoms. The summed E-state index contributed by atoms with van der Waals surface area (Å²) in [5.74, 6) is 0.696. The predicted octanol–water partition coefficient (Wildman–Crippen LogP) is 3.88. The minimum Gasteiger partial charge on any atom is -0.352 e. The van der Waals surface area contributed by atoms with E-state index in [1.54, 1.807) is 0 Å². The van der Waals surface area contributed by atoms with Gasteiger partial charge in [-0.05, 0) is 37.9 Å². The van der Waals surface area contributed by atoms with Crippen molar-refractivity contribution in [3.63, 3.8) is 0 Å². The van der Waals surface area contributed by atoms with E-state index in [1.165, 1.54) is 11.1 Å². The van der Waals surface area contributed by atoms with E-state index in [4.69, 9.17) is 0 Å². The van der Waals surface area contributed by atoms with E-state index >= 15 is 0 Å². The molecule has 124 valence electrons. The lowest BCUT2D eigenvalue weighted by Crippen LogP contribution is -2.22. The molecular formula is C19H28N4. The Morgan fingerprint density at radius 1 is 0.913 bits per heavy atom. The maximum atomic E-state index is 4.39. The van der Waals surface area contributed by atoms with Gasteiger partial charge in [0.1, 0.15) is 0 Å². The third-order valence-electron chi connectivity index (χ3n) is 3.81. The molecule has 0 unspecified atom stereocenters. The zero-order valence-corrected chi connectivity index (χ0v) is 14.7. The average molecular weight is 312 g/mol. The Labute approximate surface area is 140 Å². The van der Waals surface area contributed by atoms with Crippen LogP contribution in [0.3, 0.4) is 0 Å². The second-order valence-corrected chi connectivity index (χ2v) is 6.19. The van der Waals surface area contributed by atoms with Gasteiger partial charge in [-0.15, -0.1) is 0 Å². The highest BCUT2D eigenvalue weighted by Gasteiger charge is 2.07. The summed E-state index contributed by atoms with van der Waals surface area (Å²) in [6, 6.07) is 9.25. The van der Waals surface area contributed by atoms with Crippen molar-refractivity contribution in [2.75, 3.05) is 11.9 Å². The van der Waals surface area contributed by atoms with Gasteiger partial charge in [-0.2, -0.15) is 0 Å². The number of aryl methyl sites for hydroxylation is 1. The van der Waals surface area contributed by atoms with Gasteiger partial charge in [0.2, 0.25) is 5.95 Å². The van der Waals surface area contributed by atoms with E-state index in [9.17, 15) is 0 Å². The summed E-state index contributed by atoms with van der Waals surface area (Å²) in [4.78, 5) is 11.2. The largest absolute Gasteiger partial charge is 0.352 e. The fourth-order valence-electron chi connectivity index (χ4n) is 2.45. The van der Waals surface area contributed by atoms with E-state index in [0.717, 1.165) is 31.6 Å². The fourth-order valence-corrected chi connectivity index (χ4v) is 2.45. The van der Waals surface area contributed by atoms with Crippen LogP contribution < -0.4 is 5.32 Å². The molecule has 0 atom stereocenters. The maximum Gasteiger partial charge on any atom is 0.222 e. The number of hydrogen-bond donors (Lipinski definition) is 1. The molecule has 1 aromatic heterocycles. The van der Waals surface area contributed by atoms with Crippen molar-refractivity contribution in [2.45, 2.75) is 53.2 Å². The third kappa shape index (κ3) is 5.64. The molecule has 0 radical (unpaired) electrons. The van der Waals surface area contributed by atoms with Gasteiger partial charge >= 0.3 is 0 Å².